The highest BCUT2D eigenvalue weighted by molar-refractivity contribution is 7.13. The van der Waals surface area contributed by atoms with Gasteiger partial charge in [-0.25, -0.2) is 9.67 Å². The number of rotatable bonds is 3. The average Bonchev–Trinajstić information content (AvgIpc) is 3.07. The van der Waals surface area contributed by atoms with E-state index >= 15 is 0 Å². The minimum Gasteiger partial charge on any atom is -0.298 e. The molecule has 0 radical (unpaired) electrons. The fourth-order valence-corrected chi connectivity index (χ4v) is 2.57. The molecular weight excluding hydrogens is 258 g/mol. The van der Waals surface area contributed by atoms with Crippen molar-refractivity contribution in [2.75, 3.05) is 0 Å². The lowest BCUT2D eigenvalue weighted by atomic mass is 10.2. The van der Waals surface area contributed by atoms with Crippen molar-refractivity contribution in [3.8, 4) is 16.4 Å². The average molecular weight is 269 g/mol. The van der Waals surface area contributed by atoms with Crippen molar-refractivity contribution in [2.45, 2.75) is 6.92 Å². The molecule has 5 heteroatoms. The zero-order valence-corrected chi connectivity index (χ0v) is 11.1. The Morgan fingerprint density at radius 3 is 2.95 bits per heavy atom. The lowest BCUT2D eigenvalue weighted by Crippen LogP contribution is -1.98. The van der Waals surface area contributed by atoms with E-state index in [9.17, 15) is 4.79 Å². The first-order valence-electron chi connectivity index (χ1n) is 5.79. The topological polar surface area (TPSA) is 47.8 Å². The lowest BCUT2D eigenvalue weighted by molar-refractivity contribution is 0.112. The first kappa shape index (κ1) is 11.8. The Balaban J connectivity index is 2.12. The number of carbonyl (C=O) groups is 1. The summed E-state index contributed by atoms with van der Waals surface area (Å²) in [6, 6.07) is 7.75. The molecule has 0 spiro atoms. The third kappa shape index (κ3) is 2.20. The third-order valence-electron chi connectivity index (χ3n) is 2.76. The van der Waals surface area contributed by atoms with Gasteiger partial charge in [0.2, 0.25) is 0 Å². The van der Waals surface area contributed by atoms with Crippen LogP contribution in [0.3, 0.4) is 0 Å². The summed E-state index contributed by atoms with van der Waals surface area (Å²) in [4.78, 5) is 16.4. The van der Waals surface area contributed by atoms with E-state index < -0.39 is 0 Å². The Hall–Kier alpha value is -2.27. The summed E-state index contributed by atoms with van der Waals surface area (Å²) in [5.74, 6) is 0.714. The molecule has 19 heavy (non-hydrogen) atoms. The van der Waals surface area contributed by atoms with Gasteiger partial charge in [0.1, 0.15) is 5.69 Å². The number of aryl methyl sites for hydroxylation is 1. The summed E-state index contributed by atoms with van der Waals surface area (Å²) >= 11 is 1.56. The lowest BCUT2D eigenvalue weighted by Gasteiger charge is -2.00. The van der Waals surface area contributed by atoms with Gasteiger partial charge in [0.05, 0.1) is 10.4 Å². The van der Waals surface area contributed by atoms with Crippen LogP contribution in [-0.2, 0) is 0 Å². The van der Waals surface area contributed by atoms with Crippen LogP contribution >= 0.6 is 11.3 Å². The number of nitrogens with zero attached hydrogens (tertiary/aromatic N) is 3. The second kappa shape index (κ2) is 4.78. The molecule has 3 heterocycles. The first-order chi connectivity index (χ1) is 9.28. The Kier molecular flexibility index (Phi) is 2.97. The quantitative estimate of drug-likeness (QED) is 0.686. The molecule has 0 saturated carbocycles. The molecule has 0 bridgehead atoms. The van der Waals surface area contributed by atoms with Gasteiger partial charge in [0.25, 0.3) is 0 Å². The largest absolute Gasteiger partial charge is 0.298 e. The monoisotopic (exact) mass is 269 g/mol. The number of thiophene rings is 1. The highest BCUT2D eigenvalue weighted by Gasteiger charge is 2.12. The van der Waals surface area contributed by atoms with Crippen molar-refractivity contribution in [2.24, 2.45) is 0 Å². The molecular formula is C14H11N3OS. The molecule has 4 nitrogen and oxygen atoms in total. The van der Waals surface area contributed by atoms with Crippen molar-refractivity contribution in [1.29, 1.82) is 0 Å². The minimum atomic E-state index is 0.575. The highest BCUT2D eigenvalue weighted by Crippen LogP contribution is 2.26. The van der Waals surface area contributed by atoms with Crippen molar-refractivity contribution in [3.05, 3.63) is 53.2 Å². The van der Waals surface area contributed by atoms with Gasteiger partial charge in [-0.2, -0.15) is 5.10 Å². The van der Waals surface area contributed by atoms with Crippen LogP contribution in [0.4, 0.5) is 0 Å². The molecule has 3 aromatic heterocycles. The summed E-state index contributed by atoms with van der Waals surface area (Å²) in [7, 11) is 0. The van der Waals surface area contributed by atoms with Gasteiger partial charge >= 0.3 is 0 Å². The van der Waals surface area contributed by atoms with Crippen molar-refractivity contribution in [1.82, 2.24) is 14.8 Å². The summed E-state index contributed by atoms with van der Waals surface area (Å²) in [6.07, 6.45) is 4.27. The predicted molar refractivity (Wildman–Crippen MR) is 74.8 cm³/mol. The number of hydrogen-bond acceptors (Lipinski definition) is 4. The Labute approximate surface area is 114 Å². The highest BCUT2D eigenvalue weighted by atomic mass is 32.1. The fourth-order valence-electron chi connectivity index (χ4n) is 1.84. The van der Waals surface area contributed by atoms with Gasteiger partial charge in [-0.15, -0.1) is 11.3 Å². The zero-order valence-electron chi connectivity index (χ0n) is 10.3. The summed E-state index contributed by atoms with van der Waals surface area (Å²) < 4.78 is 1.64. The van der Waals surface area contributed by atoms with E-state index in [1.807, 2.05) is 36.6 Å². The van der Waals surface area contributed by atoms with Crippen LogP contribution < -0.4 is 0 Å². The molecule has 0 atom stereocenters. The fraction of sp³-hybridized carbons (Fsp3) is 0.0714. The van der Waals surface area contributed by atoms with Crippen LogP contribution in [0.5, 0.6) is 0 Å². The summed E-state index contributed by atoms with van der Waals surface area (Å²) in [5, 5.41) is 6.43. The van der Waals surface area contributed by atoms with Gasteiger partial charge < -0.3 is 0 Å². The van der Waals surface area contributed by atoms with Gasteiger partial charge in [-0.3, -0.25) is 4.79 Å². The normalized spacial score (nSPS) is 10.6. The molecule has 0 aliphatic carbocycles. The molecule has 3 aromatic rings. The Morgan fingerprint density at radius 1 is 1.37 bits per heavy atom. The molecule has 94 valence electrons. The Bertz CT molecular complexity index is 716. The number of carbonyl (C=O) groups excluding carboxylic acids is 1. The van der Waals surface area contributed by atoms with Crippen LogP contribution in [0.1, 0.15) is 15.9 Å². The maximum Gasteiger partial charge on any atom is 0.153 e. The molecule has 3 rings (SSSR count). The van der Waals surface area contributed by atoms with Gasteiger partial charge in [-0.1, -0.05) is 6.07 Å². The summed E-state index contributed by atoms with van der Waals surface area (Å²) in [6.45, 7) is 2.00. The van der Waals surface area contributed by atoms with Crippen molar-refractivity contribution in [3.63, 3.8) is 0 Å². The molecule has 0 saturated heterocycles. The van der Waals surface area contributed by atoms with Crippen LogP contribution in [0.15, 0.2) is 42.0 Å². The van der Waals surface area contributed by atoms with E-state index in [0.29, 0.717) is 17.1 Å². The maximum atomic E-state index is 11.2. The van der Waals surface area contributed by atoms with Gasteiger partial charge in [0, 0.05) is 12.4 Å². The van der Waals surface area contributed by atoms with E-state index in [2.05, 4.69) is 10.1 Å². The van der Waals surface area contributed by atoms with Crippen LogP contribution in [0.2, 0.25) is 0 Å². The second-order valence-corrected chi connectivity index (χ2v) is 5.11. The van der Waals surface area contributed by atoms with E-state index in [1.165, 1.54) is 0 Å². The molecule has 0 unspecified atom stereocenters. The summed E-state index contributed by atoms with van der Waals surface area (Å²) in [5.41, 5.74) is 2.38. The van der Waals surface area contributed by atoms with Crippen LogP contribution in [0.25, 0.3) is 16.4 Å². The maximum absolute atomic E-state index is 11.2. The number of aromatic nitrogens is 3. The first-order valence-corrected chi connectivity index (χ1v) is 6.67. The van der Waals surface area contributed by atoms with Crippen LogP contribution in [0, 0.1) is 6.92 Å². The van der Waals surface area contributed by atoms with E-state index in [1.54, 1.807) is 28.4 Å². The smallest absolute Gasteiger partial charge is 0.153 e. The van der Waals surface area contributed by atoms with E-state index in [4.69, 9.17) is 0 Å². The molecule has 0 aliphatic rings. The molecule has 0 N–H and O–H groups in total. The standard InChI is InChI=1S/C14H11N3OS/c1-10-4-5-15-13(7-10)17-8-11(9-18)14(16-17)12-3-2-6-19-12/h2-9H,1H3. The molecule has 0 aliphatic heterocycles. The third-order valence-corrected chi connectivity index (χ3v) is 3.64. The molecule has 0 fully saturated rings. The second-order valence-electron chi connectivity index (χ2n) is 4.16. The van der Waals surface area contributed by atoms with E-state index in [-0.39, 0.29) is 0 Å². The van der Waals surface area contributed by atoms with Crippen LogP contribution in [-0.4, -0.2) is 21.1 Å². The van der Waals surface area contributed by atoms with Gasteiger partial charge in [0.15, 0.2) is 12.1 Å². The minimum absolute atomic E-state index is 0.575. The van der Waals surface area contributed by atoms with E-state index in [0.717, 1.165) is 16.7 Å². The number of aldehydes is 1. The van der Waals surface area contributed by atoms with Crippen molar-refractivity contribution >= 4 is 17.6 Å². The molecule has 0 aromatic carbocycles. The van der Waals surface area contributed by atoms with Gasteiger partial charge in [-0.05, 0) is 36.1 Å². The number of pyridine rings is 1. The van der Waals surface area contributed by atoms with Crippen molar-refractivity contribution < 1.29 is 4.79 Å². The SMILES string of the molecule is Cc1ccnc(-n2cc(C=O)c(-c3cccs3)n2)c1. The predicted octanol–water partition coefficient (Wildman–Crippen LogP) is 3.12. The zero-order chi connectivity index (χ0) is 13.2. The Morgan fingerprint density at radius 2 is 2.26 bits per heavy atom. The molecule has 0 amide bonds. The number of hydrogen-bond donors (Lipinski definition) is 0.